The molecule has 0 aromatic heterocycles. The Labute approximate surface area is 150 Å². The molecule has 0 fully saturated rings. The molecule has 0 aliphatic heterocycles. The summed E-state index contributed by atoms with van der Waals surface area (Å²) in [6.45, 7) is -1.43. The SMILES string of the molecule is Cc1ccc(S(C)(=O)=O)cc1NCC(=O)Nc1ccccc1OC(F)F. The monoisotopic (exact) mass is 384 g/mol. The molecule has 0 atom stereocenters. The lowest BCUT2D eigenvalue weighted by Crippen LogP contribution is -2.22. The van der Waals surface area contributed by atoms with Crippen LogP contribution in [0.25, 0.3) is 0 Å². The van der Waals surface area contributed by atoms with Crippen molar-refractivity contribution in [2.75, 3.05) is 23.4 Å². The lowest BCUT2D eigenvalue weighted by molar-refractivity contribution is -0.114. The van der Waals surface area contributed by atoms with E-state index in [0.29, 0.717) is 5.69 Å². The molecule has 9 heteroatoms. The first-order valence-electron chi connectivity index (χ1n) is 7.55. The highest BCUT2D eigenvalue weighted by Gasteiger charge is 2.13. The van der Waals surface area contributed by atoms with E-state index in [2.05, 4.69) is 15.4 Å². The number of carbonyl (C=O) groups is 1. The molecule has 0 aliphatic rings. The van der Waals surface area contributed by atoms with Crippen molar-refractivity contribution in [1.29, 1.82) is 0 Å². The second-order valence-corrected chi connectivity index (χ2v) is 7.54. The van der Waals surface area contributed by atoms with Crippen LogP contribution in [0.1, 0.15) is 5.56 Å². The molecule has 0 saturated heterocycles. The Morgan fingerprint density at radius 1 is 1.15 bits per heavy atom. The summed E-state index contributed by atoms with van der Waals surface area (Å²) >= 11 is 0. The molecular formula is C17H18F2N2O4S. The van der Waals surface area contributed by atoms with Gasteiger partial charge >= 0.3 is 6.61 Å². The van der Waals surface area contributed by atoms with Crippen LogP contribution in [0.5, 0.6) is 5.75 Å². The molecule has 26 heavy (non-hydrogen) atoms. The minimum atomic E-state index is -3.37. The number of halogens is 2. The highest BCUT2D eigenvalue weighted by molar-refractivity contribution is 7.90. The summed E-state index contributed by atoms with van der Waals surface area (Å²) in [5.41, 5.74) is 1.35. The number of amides is 1. The summed E-state index contributed by atoms with van der Waals surface area (Å²) in [5.74, 6) is -0.648. The van der Waals surface area contributed by atoms with Crippen molar-refractivity contribution >= 4 is 27.1 Å². The Hall–Kier alpha value is -2.68. The molecule has 2 aromatic rings. The fraction of sp³-hybridized carbons (Fsp3) is 0.235. The van der Waals surface area contributed by atoms with E-state index in [-0.39, 0.29) is 22.9 Å². The fourth-order valence-electron chi connectivity index (χ4n) is 2.16. The number of anilines is 2. The molecule has 2 aromatic carbocycles. The summed E-state index contributed by atoms with van der Waals surface area (Å²) in [4.78, 5) is 12.2. The number of aryl methyl sites for hydroxylation is 1. The standard InChI is InChI=1S/C17H18F2N2O4S/c1-11-7-8-12(26(2,23)24)9-14(11)20-10-16(22)21-13-5-3-4-6-15(13)25-17(18)19/h3-9,17,20H,10H2,1-2H3,(H,21,22). The van der Waals surface area contributed by atoms with Gasteiger partial charge < -0.3 is 15.4 Å². The topological polar surface area (TPSA) is 84.5 Å². The Balaban J connectivity index is 2.06. The van der Waals surface area contributed by atoms with E-state index in [1.54, 1.807) is 19.1 Å². The van der Waals surface area contributed by atoms with Gasteiger partial charge in [0.05, 0.1) is 17.1 Å². The molecule has 6 nitrogen and oxygen atoms in total. The quantitative estimate of drug-likeness (QED) is 0.767. The summed E-state index contributed by atoms with van der Waals surface area (Å²) in [7, 11) is -3.37. The van der Waals surface area contributed by atoms with Gasteiger partial charge in [-0.15, -0.1) is 0 Å². The summed E-state index contributed by atoms with van der Waals surface area (Å²) in [5, 5.41) is 5.31. The summed E-state index contributed by atoms with van der Waals surface area (Å²) in [6.07, 6.45) is 1.09. The maximum atomic E-state index is 12.4. The number of benzene rings is 2. The number of alkyl halides is 2. The fourth-order valence-corrected chi connectivity index (χ4v) is 2.81. The van der Waals surface area contributed by atoms with Gasteiger partial charge in [0, 0.05) is 11.9 Å². The third-order valence-electron chi connectivity index (χ3n) is 3.45. The van der Waals surface area contributed by atoms with Gasteiger partial charge in [0.1, 0.15) is 5.75 Å². The molecule has 0 heterocycles. The van der Waals surface area contributed by atoms with Gasteiger partial charge in [-0.3, -0.25) is 4.79 Å². The van der Waals surface area contributed by atoms with E-state index >= 15 is 0 Å². The predicted molar refractivity (Wildman–Crippen MR) is 94.5 cm³/mol. The van der Waals surface area contributed by atoms with Gasteiger partial charge in [0.15, 0.2) is 9.84 Å². The second-order valence-electron chi connectivity index (χ2n) is 5.53. The van der Waals surface area contributed by atoms with Crippen LogP contribution in [0.15, 0.2) is 47.4 Å². The Morgan fingerprint density at radius 3 is 2.50 bits per heavy atom. The van der Waals surface area contributed by atoms with Crippen LogP contribution in [-0.4, -0.2) is 33.7 Å². The average Bonchev–Trinajstić information content (AvgIpc) is 2.54. The average molecular weight is 384 g/mol. The maximum Gasteiger partial charge on any atom is 0.387 e. The lowest BCUT2D eigenvalue weighted by atomic mass is 10.2. The Morgan fingerprint density at radius 2 is 1.85 bits per heavy atom. The molecule has 2 rings (SSSR count). The van der Waals surface area contributed by atoms with E-state index in [4.69, 9.17) is 0 Å². The van der Waals surface area contributed by atoms with Crippen LogP contribution in [0.2, 0.25) is 0 Å². The third-order valence-corrected chi connectivity index (χ3v) is 4.56. The molecule has 1 amide bonds. The van der Waals surface area contributed by atoms with Gasteiger partial charge in [-0.05, 0) is 36.8 Å². The van der Waals surface area contributed by atoms with E-state index in [1.807, 2.05) is 0 Å². The van der Waals surface area contributed by atoms with Crippen molar-refractivity contribution in [3.8, 4) is 5.75 Å². The van der Waals surface area contributed by atoms with Crippen LogP contribution in [0.4, 0.5) is 20.2 Å². The molecule has 0 bridgehead atoms. The van der Waals surface area contributed by atoms with Crippen molar-refractivity contribution in [3.63, 3.8) is 0 Å². The first-order chi connectivity index (χ1) is 12.2. The van der Waals surface area contributed by atoms with Crippen LogP contribution < -0.4 is 15.4 Å². The van der Waals surface area contributed by atoms with Crippen LogP contribution in [0, 0.1) is 6.92 Å². The third kappa shape index (κ3) is 5.41. The first kappa shape index (κ1) is 19.6. The van der Waals surface area contributed by atoms with Crippen molar-refractivity contribution < 1.29 is 26.7 Å². The number of rotatable bonds is 7. The van der Waals surface area contributed by atoms with E-state index < -0.39 is 22.4 Å². The zero-order valence-corrected chi connectivity index (χ0v) is 14.9. The molecule has 0 unspecified atom stereocenters. The zero-order chi connectivity index (χ0) is 19.3. The van der Waals surface area contributed by atoms with Crippen molar-refractivity contribution in [2.45, 2.75) is 18.4 Å². The zero-order valence-electron chi connectivity index (χ0n) is 14.1. The normalized spacial score (nSPS) is 11.3. The molecule has 2 N–H and O–H groups in total. The van der Waals surface area contributed by atoms with Crippen molar-refractivity contribution in [3.05, 3.63) is 48.0 Å². The minimum Gasteiger partial charge on any atom is -0.433 e. The number of hydrogen-bond acceptors (Lipinski definition) is 5. The summed E-state index contributed by atoms with van der Waals surface area (Å²) < 4.78 is 52.4. The van der Waals surface area contributed by atoms with Gasteiger partial charge in [0.2, 0.25) is 5.91 Å². The van der Waals surface area contributed by atoms with E-state index in [9.17, 15) is 22.0 Å². The molecule has 0 saturated carbocycles. The highest BCUT2D eigenvalue weighted by Crippen LogP contribution is 2.25. The molecule has 0 aliphatic carbocycles. The minimum absolute atomic E-state index is 0.112. The number of para-hydroxylation sites is 2. The maximum absolute atomic E-state index is 12.4. The van der Waals surface area contributed by atoms with E-state index in [1.165, 1.54) is 30.3 Å². The molecule has 0 radical (unpaired) electrons. The van der Waals surface area contributed by atoms with E-state index in [0.717, 1.165) is 11.8 Å². The Kier molecular flexibility index (Phi) is 6.14. The molecule has 140 valence electrons. The highest BCUT2D eigenvalue weighted by atomic mass is 32.2. The largest absolute Gasteiger partial charge is 0.433 e. The van der Waals surface area contributed by atoms with Crippen molar-refractivity contribution in [2.24, 2.45) is 0 Å². The molecular weight excluding hydrogens is 366 g/mol. The second kappa shape index (κ2) is 8.13. The van der Waals surface area contributed by atoms with Gasteiger partial charge in [-0.25, -0.2) is 8.42 Å². The first-order valence-corrected chi connectivity index (χ1v) is 9.44. The smallest absolute Gasteiger partial charge is 0.387 e. The van der Waals surface area contributed by atoms with Gasteiger partial charge in [-0.2, -0.15) is 8.78 Å². The number of ether oxygens (including phenoxy) is 1. The number of sulfone groups is 1. The van der Waals surface area contributed by atoms with Crippen molar-refractivity contribution in [1.82, 2.24) is 0 Å². The van der Waals surface area contributed by atoms with Gasteiger partial charge in [0.25, 0.3) is 0 Å². The van der Waals surface area contributed by atoms with Crippen LogP contribution in [-0.2, 0) is 14.6 Å². The predicted octanol–water partition coefficient (Wildman–Crippen LogP) is 3.05. The molecule has 0 spiro atoms. The number of nitrogens with one attached hydrogen (secondary N) is 2. The lowest BCUT2D eigenvalue weighted by Gasteiger charge is -2.13. The van der Waals surface area contributed by atoms with Gasteiger partial charge in [-0.1, -0.05) is 18.2 Å². The number of carbonyl (C=O) groups excluding carboxylic acids is 1. The number of hydrogen-bond donors (Lipinski definition) is 2. The summed E-state index contributed by atoms with van der Waals surface area (Å²) in [6, 6.07) is 10.4. The van der Waals surface area contributed by atoms with Crippen LogP contribution in [0.3, 0.4) is 0 Å². The van der Waals surface area contributed by atoms with Crippen LogP contribution >= 0.6 is 0 Å². The Bertz CT molecular complexity index is 901.